The van der Waals surface area contributed by atoms with Crippen molar-refractivity contribution < 1.29 is 18.3 Å². The molecular weight excluding hydrogens is 344 g/mol. The molecule has 1 aromatic heterocycles. The number of aromatic nitrogens is 2. The van der Waals surface area contributed by atoms with Gasteiger partial charge in [0.2, 0.25) is 5.43 Å². The van der Waals surface area contributed by atoms with Crippen LogP contribution in [0.4, 0.5) is 13.2 Å². The van der Waals surface area contributed by atoms with Crippen molar-refractivity contribution >= 4 is 23.2 Å². The fourth-order valence-electron chi connectivity index (χ4n) is 1.89. The molecule has 9 heteroatoms. The van der Waals surface area contributed by atoms with Gasteiger partial charge in [-0.15, -0.1) is 0 Å². The van der Waals surface area contributed by atoms with Crippen molar-refractivity contribution in [1.29, 1.82) is 0 Å². The molecule has 0 saturated heterocycles. The second-order valence-electron chi connectivity index (χ2n) is 4.45. The third-order valence-electron chi connectivity index (χ3n) is 2.95. The number of benzene rings is 1. The van der Waals surface area contributed by atoms with E-state index in [9.17, 15) is 23.1 Å². The fourth-order valence-corrected chi connectivity index (χ4v) is 2.42. The zero-order chi connectivity index (χ0) is 16.7. The molecule has 2 aromatic rings. The second-order valence-corrected chi connectivity index (χ2v) is 5.26. The van der Waals surface area contributed by atoms with Crippen LogP contribution in [0.2, 0.25) is 10.0 Å². The van der Waals surface area contributed by atoms with Crippen molar-refractivity contribution in [3.63, 3.8) is 0 Å². The Kier molecular flexibility index (Phi) is 4.51. The lowest BCUT2D eigenvalue weighted by molar-refractivity contribution is -0.144. The number of alkyl halides is 3. The number of aryl methyl sites for hydroxylation is 1. The highest BCUT2D eigenvalue weighted by molar-refractivity contribution is 6.36. The van der Waals surface area contributed by atoms with Crippen LogP contribution in [0.25, 0.3) is 11.3 Å². The summed E-state index contributed by atoms with van der Waals surface area (Å²) >= 11 is 11.8. The van der Waals surface area contributed by atoms with Gasteiger partial charge >= 0.3 is 6.18 Å². The summed E-state index contributed by atoms with van der Waals surface area (Å²) in [5.41, 5.74) is -1.98. The molecule has 0 bridgehead atoms. The van der Waals surface area contributed by atoms with Gasteiger partial charge in [0.1, 0.15) is 11.4 Å². The van der Waals surface area contributed by atoms with E-state index in [4.69, 9.17) is 23.2 Å². The number of hydrogen-bond acceptors (Lipinski definition) is 3. The maximum absolute atomic E-state index is 12.7. The number of nitrogens with zero attached hydrogens (tertiary/aromatic N) is 2. The van der Waals surface area contributed by atoms with E-state index in [-0.39, 0.29) is 26.9 Å². The van der Waals surface area contributed by atoms with E-state index in [1.165, 1.54) is 12.1 Å². The molecule has 0 spiro atoms. The highest BCUT2D eigenvalue weighted by atomic mass is 35.5. The van der Waals surface area contributed by atoms with E-state index in [1.54, 1.807) is 0 Å². The minimum Gasteiger partial charge on any atom is -0.392 e. The van der Waals surface area contributed by atoms with E-state index in [0.29, 0.717) is 10.7 Å². The van der Waals surface area contributed by atoms with Crippen LogP contribution in [0.1, 0.15) is 11.3 Å². The molecule has 2 rings (SSSR count). The number of halogens is 5. The van der Waals surface area contributed by atoms with Gasteiger partial charge < -0.3 is 5.11 Å². The minimum absolute atomic E-state index is 0.0477. The van der Waals surface area contributed by atoms with Gasteiger partial charge in [0.05, 0.1) is 11.6 Å². The average Bonchev–Trinajstić information content (AvgIpc) is 2.40. The molecule has 1 aromatic carbocycles. The van der Waals surface area contributed by atoms with E-state index < -0.39 is 23.9 Å². The topological polar surface area (TPSA) is 55.1 Å². The van der Waals surface area contributed by atoms with Gasteiger partial charge in [0.15, 0.2) is 0 Å². The molecule has 0 aliphatic heterocycles. The largest absolute Gasteiger partial charge is 0.433 e. The van der Waals surface area contributed by atoms with Gasteiger partial charge in [-0.1, -0.05) is 23.2 Å². The lowest BCUT2D eigenvalue weighted by atomic mass is 10.1. The highest BCUT2D eigenvalue weighted by Gasteiger charge is 2.34. The van der Waals surface area contributed by atoms with E-state index in [0.717, 1.165) is 7.05 Å². The number of aliphatic hydroxyl groups excluding tert-OH is 1. The van der Waals surface area contributed by atoms with Crippen molar-refractivity contribution in [3.05, 3.63) is 49.7 Å². The Labute approximate surface area is 132 Å². The predicted molar refractivity (Wildman–Crippen MR) is 75.9 cm³/mol. The Bertz CT molecular complexity index is 788. The van der Waals surface area contributed by atoms with E-state index in [2.05, 4.69) is 5.10 Å². The second kappa shape index (κ2) is 5.91. The summed E-state index contributed by atoms with van der Waals surface area (Å²) in [4.78, 5) is 11.9. The molecule has 0 atom stereocenters. The summed E-state index contributed by atoms with van der Waals surface area (Å²) < 4.78 is 38.8. The molecule has 118 valence electrons. The third kappa shape index (κ3) is 3.11. The van der Waals surface area contributed by atoms with Gasteiger partial charge in [0, 0.05) is 23.7 Å². The quantitative estimate of drug-likeness (QED) is 0.902. The van der Waals surface area contributed by atoms with Crippen molar-refractivity contribution in [1.82, 2.24) is 9.78 Å². The highest BCUT2D eigenvalue weighted by Crippen LogP contribution is 2.32. The molecular formula is C13H9Cl2F3N2O2. The van der Waals surface area contributed by atoms with Crippen LogP contribution in [-0.4, -0.2) is 14.9 Å². The molecule has 4 nitrogen and oxygen atoms in total. The van der Waals surface area contributed by atoms with Gasteiger partial charge in [0.25, 0.3) is 0 Å². The summed E-state index contributed by atoms with van der Waals surface area (Å²) in [6.07, 6.45) is -4.69. The molecule has 0 unspecified atom stereocenters. The first kappa shape index (κ1) is 16.8. The number of hydrogen-bond donors (Lipinski definition) is 1. The van der Waals surface area contributed by atoms with Crippen LogP contribution in [0.5, 0.6) is 0 Å². The molecule has 0 aliphatic carbocycles. The van der Waals surface area contributed by atoms with Crippen molar-refractivity contribution in [2.75, 3.05) is 0 Å². The van der Waals surface area contributed by atoms with E-state index in [1.807, 2.05) is 0 Å². The molecule has 0 fully saturated rings. The van der Waals surface area contributed by atoms with Gasteiger partial charge in [-0.25, -0.2) is 0 Å². The van der Waals surface area contributed by atoms with Gasteiger partial charge in [-0.05, 0) is 17.7 Å². The first-order valence-electron chi connectivity index (χ1n) is 5.90. The fraction of sp³-hybridized carbons (Fsp3) is 0.231. The van der Waals surface area contributed by atoms with E-state index >= 15 is 0 Å². The standard InChI is InChI=1S/C13H9Cl2F3N2O2/c1-20-11(13(16,17)18)4-10(22)12(19-20)7-2-6(5-21)8(14)3-9(7)15/h2-4,21H,5H2,1H3. The predicted octanol–water partition coefficient (Wildman–Crippen LogP) is 3.27. The van der Waals surface area contributed by atoms with Crippen molar-refractivity contribution in [2.24, 2.45) is 7.05 Å². The smallest absolute Gasteiger partial charge is 0.392 e. The third-order valence-corrected chi connectivity index (χ3v) is 3.62. The summed E-state index contributed by atoms with van der Waals surface area (Å²) in [5, 5.41) is 13.1. The molecule has 0 amide bonds. The molecule has 1 N–H and O–H groups in total. The summed E-state index contributed by atoms with van der Waals surface area (Å²) in [7, 11) is 1.07. The van der Waals surface area contributed by atoms with Crippen LogP contribution < -0.4 is 5.43 Å². The average molecular weight is 353 g/mol. The van der Waals surface area contributed by atoms with Crippen molar-refractivity contribution in [2.45, 2.75) is 12.8 Å². The zero-order valence-electron chi connectivity index (χ0n) is 11.1. The SMILES string of the molecule is Cn1nc(-c2cc(CO)c(Cl)cc2Cl)c(=O)cc1C(F)(F)F. The summed E-state index contributed by atoms with van der Waals surface area (Å²) in [6, 6.07) is 3.07. The summed E-state index contributed by atoms with van der Waals surface area (Å²) in [6.45, 7) is -0.413. The Hall–Kier alpha value is -1.57. The van der Waals surface area contributed by atoms with Crippen molar-refractivity contribution in [3.8, 4) is 11.3 Å². The lowest BCUT2D eigenvalue weighted by Gasteiger charge is -2.13. The molecule has 22 heavy (non-hydrogen) atoms. The Morgan fingerprint density at radius 2 is 1.86 bits per heavy atom. The first-order chi connectivity index (χ1) is 10.1. The van der Waals surface area contributed by atoms with Crippen LogP contribution >= 0.6 is 23.2 Å². The molecule has 0 saturated carbocycles. The maximum atomic E-state index is 12.7. The normalized spacial score (nSPS) is 11.8. The first-order valence-corrected chi connectivity index (χ1v) is 6.65. The van der Waals surface area contributed by atoms with Crippen LogP contribution in [0.15, 0.2) is 23.0 Å². The minimum atomic E-state index is -4.69. The lowest BCUT2D eigenvalue weighted by Crippen LogP contribution is -2.22. The van der Waals surface area contributed by atoms with Crippen LogP contribution in [0, 0.1) is 0 Å². The Morgan fingerprint density at radius 3 is 2.41 bits per heavy atom. The molecule has 0 radical (unpaired) electrons. The van der Waals surface area contributed by atoms with Gasteiger partial charge in [-0.2, -0.15) is 18.3 Å². The summed E-state index contributed by atoms with van der Waals surface area (Å²) in [5.74, 6) is 0. The maximum Gasteiger partial charge on any atom is 0.433 e. The zero-order valence-corrected chi connectivity index (χ0v) is 12.6. The van der Waals surface area contributed by atoms with Gasteiger partial charge in [-0.3, -0.25) is 9.48 Å². The number of rotatable bonds is 2. The Morgan fingerprint density at radius 1 is 1.23 bits per heavy atom. The molecule has 1 heterocycles. The van der Waals surface area contributed by atoms with Crippen LogP contribution in [0.3, 0.4) is 0 Å². The van der Waals surface area contributed by atoms with Crippen LogP contribution in [-0.2, 0) is 19.8 Å². The molecule has 0 aliphatic rings. The number of aliphatic hydroxyl groups is 1. The Balaban J connectivity index is 2.70. The monoisotopic (exact) mass is 352 g/mol.